The van der Waals surface area contributed by atoms with E-state index in [9.17, 15) is 23.1 Å². The molecule has 1 atom stereocenters. The molecule has 4 aromatic carbocycles. The second kappa shape index (κ2) is 12.1. The molecule has 1 aliphatic rings. The molecule has 48 heavy (non-hydrogen) atoms. The molecular weight excluding hydrogens is 615 g/mol. The van der Waals surface area contributed by atoms with Crippen LogP contribution in [0.15, 0.2) is 120 Å². The van der Waals surface area contributed by atoms with E-state index in [4.69, 9.17) is 0 Å². The molecule has 0 aliphatic carbocycles. The number of aromatic hydroxyl groups is 1. The van der Waals surface area contributed by atoms with Crippen LogP contribution in [0.2, 0.25) is 0 Å². The van der Waals surface area contributed by atoms with Gasteiger partial charge in [-0.2, -0.15) is 23.4 Å². The standard InChI is InChI=1S/C38H30F3N5O2/c1-23(2)24-12-16-27(17-13-24)30-21-35(38(39,40)41)46-36(42-30)22-32(44-46)37(48)45-33(29-10-6-7-11-34(29)47)20-31(43-45)28-18-14-26(15-19-28)25-8-4-3-5-9-25/h3-19,21-23,33,47H,20H2,1-2H3/t33-/m1/s1. The molecule has 2 aromatic heterocycles. The molecule has 0 spiro atoms. The number of phenolic OH excluding ortho intramolecular Hbond substituents is 1. The number of benzene rings is 4. The first-order valence-corrected chi connectivity index (χ1v) is 15.5. The van der Waals surface area contributed by atoms with Crippen LogP contribution in [0.1, 0.15) is 65.1 Å². The van der Waals surface area contributed by atoms with Crippen LogP contribution >= 0.6 is 0 Å². The Morgan fingerprint density at radius 1 is 0.812 bits per heavy atom. The number of hydrogen-bond acceptors (Lipinski definition) is 5. The number of hydrogen-bond donors (Lipinski definition) is 1. The molecule has 1 N–H and O–H groups in total. The summed E-state index contributed by atoms with van der Waals surface area (Å²) in [6.45, 7) is 4.06. The van der Waals surface area contributed by atoms with Crippen LogP contribution in [0.4, 0.5) is 13.2 Å². The monoisotopic (exact) mass is 645 g/mol. The van der Waals surface area contributed by atoms with Crippen molar-refractivity contribution in [1.82, 2.24) is 19.6 Å². The van der Waals surface area contributed by atoms with Gasteiger partial charge in [0, 0.05) is 23.6 Å². The first kappa shape index (κ1) is 30.9. The molecule has 7 nitrogen and oxygen atoms in total. The third-order valence-electron chi connectivity index (χ3n) is 8.55. The number of halogens is 3. The van der Waals surface area contributed by atoms with Gasteiger partial charge < -0.3 is 5.11 Å². The highest BCUT2D eigenvalue weighted by atomic mass is 19.4. The van der Waals surface area contributed by atoms with Gasteiger partial charge in [-0.25, -0.2) is 14.5 Å². The van der Waals surface area contributed by atoms with Crippen LogP contribution in [-0.4, -0.2) is 36.3 Å². The molecule has 0 fully saturated rings. The second-order valence-corrected chi connectivity index (χ2v) is 12.0. The Hall–Kier alpha value is -5.77. The molecule has 7 rings (SSSR count). The van der Waals surface area contributed by atoms with E-state index in [1.165, 1.54) is 17.1 Å². The molecule has 1 aliphatic heterocycles. The maximum Gasteiger partial charge on any atom is 0.433 e. The Labute approximate surface area is 274 Å². The van der Waals surface area contributed by atoms with E-state index in [1.54, 1.807) is 30.3 Å². The fraction of sp³-hybridized carbons (Fsp3) is 0.158. The number of alkyl halides is 3. The molecule has 10 heteroatoms. The van der Waals surface area contributed by atoms with E-state index in [0.29, 0.717) is 21.4 Å². The number of nitrogens with zero attached hydrogens (tertiary/aromatic N) is 5. The van der Waals surface area contributed by atoms with Crippen LogP contribution in [0, 0.1) is 0 Å². The minimum Gasteiger partial charge on any atom is -0.508 e. The van der Waals surface area contributed by atoms with Gasteiger partial charge in [-0.15, -0.1) is 0 Å². The topological polar surface area (TPSA) is 83.1 Å². The quantitative estimate of drug-likeness (QED) is 0.196. The van der Waals surface area contributed by atoms with Crippen molar-refractivity contribution in [3.05, 3.63) is 143 Å². The lowest BCUT2D eigenvalue weighted by atomic mass is 9.96. The van der Waals surface area contributed by atoms with Crippen molar-refractivity contribution in [3.63, 3.8) is 0 Å². The Kier molecular flexibility index (Phi) is 7.79. The van der Waals surface area contributed by atoms with Crippen LogP contribution in [0.3, 0.4) is 0 Å². The van der Waals surface area contributed by atoms with Crippen molar-refractivity contribution in [2.24, 2.45) is 5.10 Å². The van der Waals surface area contributed by atoms with Gasteiger partial charge in [0.05, 0.1) is 17.4 Å². The van der Waals surface area contributed by atoms with Crippen molar-refractivity contribution >= 4 is 17.3 Å². The maximum atomic E-state index is 14.4. The summed E-state index contributed by atoms with van der Waals surface area (Å²) >= 11 is 0. The Morgan fingerprint density at radius 2 is 1.44 bits per heavy atom. The van der Waals surface area contributed by atoms with Crippen molar-refractivity contribution in [1.29, 1.82) is 0 Å². The number of rotatable bonds is 6. The Morgan fingerprint density at radius 3 is 2.10 bits per heavy atom. The van der Waals surface area contributed by atoms with Gasteiger partial charge in [-0.05, 0) is 40.3 Å². The van der Waals surface area contributed by atoms with Crippen molar-refractivity contribution < 1.29 is 23.1 Å². The largest absolute Gasteiger partial charge is 0.508 e. The highest BCUT2D eigenvalue weighted by Gasteiger charge is 2.38. The lowest BCUT2D eigenvalue weighted by molar-refractivity contribution is -0.142. The second-order valence-electron chi connectivity index (χ2n) is 12.0. The van der Waals surface area contributed by atoms with Gasteiger partial charge in [-0.1, -0.05) is 111 Å². The summed E-state index contributed by atoms with van der Waals surface area (Å²) in [5.41, 5.74) is 4.09. The minimum absolute atomic E-state index is 0.0275. The zero-order chi connectivity index (χ0) is 33.6. The van der Waals surface area contributed by atoms with E-state index < -0.39 is 23.8 Å². The molecule has 0 radical (unpaired) electrons. The van der Waals surface area contributed by atoms with Crippen LogP contribution < -0.4 is 0 Å². The maximum absolute atomic E-state index is 14.4. The molecule has 6 aromatic rings. The Balaban J connectivity index is 1.28. The van der Waals surface area contributed by atoms with Gasteiger partial charge in [0.25, 0.3) is 5.91 Å². The highest BCUT2D eigenvalue weighted by Crippen LogP contribution is 2.39. The van der Waals surface area contributed by atoms with E-state index >= 15 is 0 Å². The molecule has 3 heterocycles. The van der Waals surface area contributed by atoms with E-state index in [1.807, 2.05) is 80.6 Å². The summed E-state index contributed by atoms with van der Waals surface area (Å²) in [5.74, 6) is -0.492. The first-order valence-electron chi connectivity index (χ1n) is 15.5. The van der Waals surface area contributed by atoms with E-state index in [-0.39, 0.29) is 35.1 Å². The number of fused-ring (bicyclic) bond motifs is 1. The zero-order valence-corrected chi connectivity index (χ0v) is 26.1. The first-order chi connectivity index (χ1) is 23.1. The van der Waals surface area contributed by atoms with Gasteiger partial charge in [0.15, 0.2) is 17.0 Å². The highest BCUT2D eigenvalue weighted by molar-refractivity contribution is 6.05. The molecule has 0 unspecified atom stereocenters. The molecule has 240 valence electrons. The van der Waals surface area contributed by atoms with Crippen molar-refractivity contribution in [2.45, 2.75) is 38.4 Å². The number of carbonyl (C=O) groups excluding carboxylic acids is 1. The van der Waals surface area contributed by atoms with E-state index in [2.05, 4.69) is 15.2 Å². The summed E-state index contributed by atoms with van der Waals surface area (Å²) in [7, 11) is 0. The van der Waals surface area contributed by atoms with Crippen LogP contribution in [0.5, 0.6) is 5.75 Å². The lowest BCUT2D eigenvalue weighted by Crippen LogP contribution is -2.27. The third-order valence-corrected chi connectivity index (χ3v) is 8.55. The van der Waals surface area contributed by atoms with Crippen molar-refractivity contribution in [2.75, 3.05) is 0 Å². The number of amides is 1. The normalized spacial score (nSPS) is 14.9. The van der Waals surface area contributed by atoms with Gasteiger partial charge in [-0.3, -0.25) is 4.79 Å². The number of hydrazone groups is 1. The van der Waals surface area contributed by atoms with Gasteiger partial charge in [0.2, 0.25) is 0 Å². The minimum atomic E-state index is -4.77. The molecule has 0 bridgehead atoms. The summed E-state index contributed by atoms with van der Waals surface area (Å²) in [4.78, 5) is 18.6. The predicted octanol–water partition coefficient (Wildman–Crippen LogP) is 8.90. The SMILES string of the molecule is CC(C)c1ccc(-c2cc(C(F)(F)F)n3nc(C(=O)N4N=C(c5ccc(-c6ccccc6)cc5)C[C@@H]4c4ccccc4O)cc3n2)cc1. The molecule has 1 amide bonds. The third kappa shape index (κ3) is 5.81. The van der Waals surface area contributed by atoms with Gasteiger partial charge in [0.1, 0.15) is 5.75 Å². The molecule has 0 saturated carbocycles. The van der Waals surface area contributed by atoms with E-state index in [0.717, 1.165) is 28.3 Å². The van der Waals surface area contributed by atoms with Crippen molar-refractivity contribution in [3.8, 4) is 28.1 Å². The Bertz CT molecular complexity index is 2160. The average Bonchev–Trinajstić information content (AvgIpc) is 3.73. The fourth-order valence-electron chi connectivity index (χ4n) is 5.95. The number of para-hydroxylation sites is 1. The summed E-state index contributed by atoms with van der Waals surface area (Å²) in [6, 6.07) is 32.9. The smallest absolute Gasteiger partial charge is 0.433 e. The van der Waals surface area contributed by atoms with Crippen LogP contribution in [-0.2, 0) is 6.18 Å². The lowest BCUT2D eigenvalue weighted by Gasteiger charge is -2.21. The number of carbonyl (C=O) groups is 1. The average molecular weight is 646 g/mol. The fourth-order valence-corrected chi connectivity index (χ4v) is 5.95. The number of aromatic nitrogens is 3. The zero-order valence-electron chi connectivity index (χ0n) is 26.1. The molecule has 0 saturated heterocycles. The molecular formula is C38H30F3N5O2. The predicted molar refractivity (Wildman–Crippen MR) is 178 cm³/mol. The van der Waals surface area contributed by atoms with Crippen LogP contribution in [0.25, 0.3) is 28.0 Å². The summed E-state index contributed by atoms with van der Waals surface area (Å²) in [6.07, 6.45) is -4.51. The summed E-state index contributed by atoms with van der Waals surface area (Å²) in [5, 5.41) is 20.7. The summed E-state index contributed by atoms with van der Waals surface area (Å²) < 4.78 is 43.7. The van der Waals surface area contributed by atoms with Gasteiger partial charge >= 0.3 is 6.18 Å². The number of phenols is 1.